The van der Waals surface area contributed by atoms with Gasteiger partial charge < -0.3 is 33.2 Å². The zero-order chi connectivity index (χ0) is 41.8. The number of unbranched alkanes of at least 4 members (excludes halogenated alkanes) is 12. The molecular formula is C49H77NO9. The van der Waals surface area contributed by atoms with E-state index in [-0.39, 0.29) is 76.7 Å². The maximum absolute atomic E-state index is 14.5. The Hall–Kier alpha value is -2.24. The lowest BCUT2D eigenvalue weighted by molar-refractivity contribution is -0.280. The molecule has 0 aromatic heterocycles. The van der Waals surface area contributed by atoms with Gasteiger partial charge in [0.05, 0.1) is 37.6 Å². The Labute approximate surface area is 355 Å². The first-order valence-corrected chi connectivity index (χ1v) is 23.6. The minimum absolute atomic E-state index is 0.0257. The fourth-order valence-electron chi connectivity index (χ4n) is 14.7. The van der Waals surface area contributed by atoms with E-state index < -0.39 is 11.7 Å². The summed E-state index contributed by atoms with van der Waals surface area (Å²) >= 11 is 0. The van der Waals surface area contributed by atoms with E-state index in [1.165, 1.54) is 64.2 Å². The van der Waals surface area contributed by atoms with E-state index in [1.807, 2.05) is 21.3 Å². The van der Waals surface area contributed by atoms with E-state index in [2.05, 4.69) is 18.7 Å². The van der Waals surface area contributed by atoms with Crippen molar-refractivity contribution in [1.29, 1.82) is 0 Å². The Morgan fingerprint density at radius 1 is 0.780 bits per heavy atom. The van der Waals surface area contributed by atoms with Gasteiger partial charge in [-0.1, -0.05) is 90.9 Å². The average molecular weight is 824 g/mol. The number of ether oxygens (including phenoxy) is 7. The number of nitrogens with zero attached hydrogens (tertiary/aromatic N) is 1. The summed E-state index contributed by atoms with van der Waals surface area (Å²) in [6.07, 6.45) is 18.9. The molecule has 1 heterocycles. The van der Waals surface area contributed by atoms with Crippen LogP contribution in [0.1, 0.15) is 140 Å². The number of carbonyl (C=O) groups is 2. The molecule has 1 spiro atoms. The molecule has 1 aromatic rings. The highest BCUT2D eigenvalue weighted by atomic mass is 16.6. The molecule has 0 radical (unpaired) electrons. The second-order valence-corrected chi connectivity index (χ2v) is 19.3. The zero-order valence-corrected chi connectivity index (χ0v) is 37.6. The van der Waals surface area contributed by atoms with Gasteiger partial charge in [-0.05, 0) is 62.4 Å². The van der Waals surface area contributed by atoms with Crippen LogP contribution in [0.5, 0.6) is 5.75 Å². The van der Waals surface area contributed by atoms with Crippen molar-refractivity contribution in [2.45, 2.75) is 165 Å². The maximum Gasteiger partial charge on any atom is 0.338 e. The van der Waals surface area contributed by atoms with Crippen LogP contribution in [-0.2, 0) is 33.2 Å². The number of likely N-dealkylation sites (tertiary alicyclic amines) is 1. The third kappa shape index (κ3) is 7.80. The highest BCUT2D eigenvalue weighted by molar-refractivity contribution is 5.89. The van der Waals surface area contributed by atoms with E-state index in [9.17, 15) is 9.59 Å². The quantitative estimate of drug-likeness (QED) is 0.0742. The van der Waals surface area contributed by atoms with Crippen LogP contribution in [0.15, 0.2) is 24.3 Å². The molecule has 0 N–H and O–H groups in total. The first-order chi connectivity index (χ1) is 28.7. The molecule has 13 atom stereocenters. The molecule has 1 aromatic carbocycles. The van der Waals surface area contributed by atoms with Crippen molar-refractivity contribution in [3.05, 3.63) is 29.8 Å². The lowest BCUT2D eigenvalue weighted by Crippen LogP contribution is -2.77. The number of piperidine rings is 1. The van der Waals surface area contributed by atoms with Crippen LogP contribution in [0, 0.1) is 40.4 Å². The minimum Gasteiger partial charge on any atom is -0.497 e. The van der Waals surface area contributed by atoms with Gasteiger partial charge in [-0.15, -0.1) is 0 Å². The van der Waals surface area contributed by atoms with Gasteiger partial charge in [0.25, 0.3) is 0 Å². The van der Waals surface area contributed by atoms with Gasteiger partial charge in [0.15, 0.2) is 0 Å². The maximum atomic E-state index is 14.5. The summed E-state index contributed by atoms with van der Waals surface area (Å²) in [4.78, 5) is 31.4. The Kier molecular flexibility index (Phi) is 14.8. The van der Waals surface area contributed by atoms with E-state index in [1.54, 1.807) is 38.5 Å². The molecule has 10 nitrogen and oxygen atoms in total. The summed E-state index contributed by atoms with van der Waals surface area (Å²) in [6.45, 7) is 6.94. The van der Waals surface area contributed by atoms with Crippen LogP contribution in [-0.4, -0.2) is 108 Å². The zero-order valence-electron chi connectivity index (χ0n) is 37.6. The summed E-state index contributed by atoms with van der Waals surface area (Å²) < 4.78 is 45.4. The fourth-order valence-corrected chi connectivity index (χ4v) is 14.7. The normalized spacial score (nSPS) is 37.7. The third-order valence-corrected chi connectivity index (χ3v) is 16.7. The fraction of sp³-hybridized carbons (Fsp3) is 0.837. The highest BCUT2D eigenvalue weighted by Gasteiger charge is 2.88. The Morgan fingerprint density at radius 2 is 1.44 bits per heavy atom. The van der Waals surface area contributed by atoms with Crippen LogP contribution >= 0.6 is 0 Å². The average Bonchev–Trinajstić information content (AvgIpc) is 3.67. The summed E-state index contributed by atoms with van der Waals surface area (Å²) in [7, 11) is 8.94. The molecule has 59 heavy (non-hydrogen) atoms. The number of fused-ring (bicyclic) bond motifs is 2. The molecule has 10 heteroatoms. The van der Waals surface area contributed by atoms with Gasteiger partial charge in [-0.3, -0.25) is 9.69 Å². The van der Waals surface area contributed by atoms with Crippen LogP contribution in [0.2, 0.25) is 0 Å². The summed E-state index contributed by atoms with van der Waals surface area (Å²) in [6, 6.07) is 7.18. The van der Waals surface area contributed by atoms with Crippen molar-refractivity contribution >= 4 is 11.9 Å². The van der Waals surface area contributed by atoms with Crippen molar-refractivity contribution < 1.29 is 42.7 Å². The number of methoxy groups -OCH3 is 5. The summed E-state index contributed by atoms with van der Waals surface area (Å²) in [5.74, 6) is -0.113. The number of benzene rings is 1. The van der Waals surface area contributed by atoms with Crippen molar-refractivity contribution in [2.75, 3.05) is 55.2 Å². The first-order valence-electron chi connectivity index (χ1n) is 23.6. The number of hydrogen-bond donors (Lipinski definition) is 0. The van der Waals surface area contributed by atoms with Gasteiger partial charge in [-0.25, -0.2) is 4.79 Å². The SMILES string of the molecule is CCCCCCCCCCCCCCCC(=O)OC12CC(OC)C3CC(C1C3OC(=O)c1ccc(OC)cc1)C13C(OC)CCC4(COC)CN(CC)C1C2C(OC)C43. The molecule has 6 aliphatic rings. The third-order valence-electron chi connectivity index (χ3n) is 16.7. The largest absolute Gasteiger partial charge is 0.497 e. The summed E-state index contributed by atoms with van der Waals surface area (Å²) in [5.41, 5.74) is -0.958. The lowest BCUT2D eigenvalue weighted by atomic mass is 9.43. The monoisotopic (exact) mass is 824 g/mol. The van der Waals surface area contributed by atoms with Crippen molar-refractivity contribution in [3.63, 3.8) is 0 Å². The minimum atomic E-state index is -0.959. The van der Waals surface area contributed by atoms with Gasteiger partial charge >= 0.3 is 11.9 Å². The smallest absolute Gasteiger partial charge is 0.338 e. The Morgan fingerprint density at radius 3 is 2.02 bits per heavy atom. The van der Waals surface area contributed by atoms with Gasteiger partial charge in [-0.2, -0.15) is 0 Å². The number of hydrogen-bond acceptors (Lipinski definition) is 10. The number of carbonyl (C=O) groups excluding carboxylic acids is 2. The van der Waals surface area contributed by atoms with Crippen molar-refractivity contribution in [2.24, 2.45) is 40.4 Å². The standard InChI is InChI=1S/C49H77NO9/c1-8-10-11-12-13-14-15-16-17-18-19-20-21-22-39(51)59-48-30-37(55-5)35-29-36(40(48)42(35)58-46(52)33-23-25-34(54-4)26-24-33)49-38(56-6)27-28-47(32-53-3)31-50(9-2)45(49)41(48)43(57-7)44(47)49/h23-26,35-38,40-45H,8-22,27-32H2,1-7H3. The molecule has 7 bridgehead atoms. The second-order valence-electron chi connectivity index (χ2n) is 19.3. The second kappa shape index (κ2) is 19.4. The lowest BCUT2D eigenvalue weighted by Gasteiger charge is -2.69. The predicted molar refractivity (Wildman–Crippen MR) is 227 cm³/mol. The van der Waals surface area contributed by atoms with Gasteiger partial charge in [0.1, 0.15) is 17.5 Å². The molecule has 0 amide bonds. The molecule has 1 saturated heterocycles. The van der Waals surface area contributed by atoms with Crippen LogP contribution < -0.4 is 4.74 Å². The Balaban J connectivity index is 1.17. The molecule has 332 valence electrons. The topological polar surface area (TPSA) is 102 Å². The van der Waals surface area contributed by atoms with E-state index in [0.717, 1.165) is 51.6 Å². The van der Waals surface area contributed by atoms with Crippen molar-refractivity contribution in [3.8, 4) is 5.75 Å². The van der Waals surface area contributed by atoms with E-state index >= 15 is 0 Å². The van der Waals surface area contributed by atoms with Crippen LogP contribution in [0.3, 0.4) is 0 Å². The predicted octanol–water partition coefficient (Wildman–Crippen LogP) is 9.06. The van der Waals surface area contributed by atoms with Crippen LogP contribution in [0.4, 0.5) is 0 Å². The van der Waals surface area contributed by atoms with Crippen LogP contribution in [0.25, 0.3) is 0 Å². The van der Waals surface area contributed by atoms with Gasteiger partial charge in [0.2, 0.25) is 0 Å². The summed E-state index contributed by atoms with van der Waals surface area (Å²) in [5, 5.41) is 0. The van der Waals surface area contributed by atoms with Crippen molar-refractivity contribution in [1.82, 2.24) is 4.90 Å². The molecule has 5 saturated carbocycles. The molecule has 13 unspecified atom stereocenters. The molecule has 7 rings (SSSR count). The molecule has 5 aliphatic carbocycles. The molecular weight excluding hydrogens is 747 g/mol. The van der Waals surface area contributed by atoms with E-state index in [4.69, 9.17) is 33.2 Å². The number of esters is 2. The molecule has 1 aliphatic heterocycles. The molecule has 6 fully saturated rings. The first kappa shape index (κ1) is 44.8. The number of rotatable bonds is 24. The van der Waals surface area contributed by atoms with Gasteiger partial charge in [0, 0.05) is 88.4 Å². The highest BCUT2D eigenvalue weighted by Crippen LogP contribution is 2.80. The van der Waals surface area contributed by atoms with E-state index in [0.29, 0.717) is 30.8 Å². The Bertz CT molecular complexity index is 1540.